The van der Waals surface area contributed by atoms with Crippen LogP contribution in [0.2, 0.25) is 10.2 Å². The average molecular weight is 589 g/mol. The van der Waals surface area contributed by atoms with Crippen LogP contribution in [0.4, 0.5) is 24.8 Å². The van der Waals surface area contributed by atoms with Crippen LogP contribution in [-0.4, -0.2) is 83.2 Å². The summed E-state index contributed by atoms with van der Waals surface area (Å²) in [6, 6.07) is 8.78. The minimum atomic E-state index is -4.55. The largest absolute Gasteiger partial charge is 0.405 e. The molecule has 8 nitrogen and oxygen atoms in total. The molecule has 0 radical (unpaired) electrons. The Hall–Kier alpha value is -2.34. The maximum atomic E-state index is 12.5. The Morgan fingerprint density at radius 3 is 2.44 bits per heavy atom. The Morgan fingerprint density at radius 2 is 1.79 bits per heavy atom. The van der Waals surface area contributed by atoms with Gasteiger partial charge in [0.25, 0.3) is 5.91 Å². The number of piperazine rings is 1. The van der Waals surface area contributed by atoms with Crippen molar-refractivity contribution in [3.05, 3.63) is 45.7 Å². The maximum Gasteiger partial charge on any atom is 0.405 e. The molecule has 0 saturated carbocycles. The highest BCUT2D eigenvalue weighted by atomic mass is 35.5. The number of rotatable bonds is 8. The van der Waals surface area contributed by atoms with Gasteiger partial charge in [-0.2, -0.15) is 13.2 Å². The zero-order chi connectivity index (χ0) is 28.2. The second kappa shape index (κ2) is 12.9. The molecule has 0 bridgehead atoms. The molecular weight excluding hydrogens is 554 g/mol. The molecule has 2 aliphatic heterocycles. The lowest BCUT2D eigenvalue weighted by Crippen LogP contribution is -2.58. The van der Waals surface area contributed by atoms with Gasteiger partial charge in [-0.05, 0) is 50.0 Å². The van der Waals surface area contributed by atoms with Crippen molar-refractivity contribution in [1.29, 1.82) is 0 Å². The van der Waals surface area contributed by atoms with E-state index in [0.717, 1.165) is 56.9 Å². The first kappa shape index (κ1) is 29.6. The van der Waals surface area contributed by atoms with Gasteiger partial charge < -0.3 is 16.0 Å². The number of likely N-dealkylation sites (tertiary alicyclic amines) is 1. The number of nitrogen functional groups attached to an aromatic ring is 1. The van der Waals surface area contributed by atoms with E-state index < -0.39 is 24.3 Å². The van der Waals surface area contributed by atoms with Crippen molar-refractivity contribution in [3.63, 3.8) is 0 Å². The molecule has 2 saturated heterocycles. The Kier molecular flexibility index (Phi) is 9.79. The molecule has 2 aromatic rings. The Bertz CT molecular complexity index is 1130. The lowest BCUT2D eigenvalue weighted by atomic mass is 9.97. The number of carbonyl (C=O) groups excluding carboxylic acids is 1. The zero-order valence-electron chi connectivity index (χ0n) is 21.9. The summed E-state index contributed by atoms with van der Waals surface area (Å²) in [7, 11) is 0. The molecule has 2 aliphatic rings. The van der Waals surface area contributed by atoms with Crippen LogP contribution in [0.5, 0.6) is 0 Å². The van der Waals surface area contributed by atoms with Crippen molar-refractivity contribution in [1.82, 2.24) is 25.1 Å². The predicted molar refractivity (Wildman–Crippen MR) is 147 cm³/mol. The van der Waals surface area contributed by atoms with Crippen LogP contribution in [0.3, 0.4) is 0 Å². The average Bonchev–Trinajstić information content (AvgIpc) is 2.90. The van der Waals surface area contributed by atoms with Crippen molar-refractivity contribution in [3.8, 4) is 0 Å². The summed E-state index contributed by atoms with van der Waals surface area (Å²) in [4.78, 5) is 27.5. The monoisotopic (exact) mass is 587 g/mol. The predicted octanol–water partition coefficient (Wildman–Crippen LogP) is 4.61. The summed E-state index contributed by atoms with van der Waals surface area (Å²) in [5, 5.41) is 2.45. The number of nitrogens with zero attached hydrogens (tertiary/aromatic N) is 5. The van der Waals surface area contributed by atoms with Crippen LogP contribution in [0.15, 0.2) is 24.3 Å². The highest BCUT2D eigenvalue weighted by Crippen LogP contribution is 2.30. The number of hydrogen-bond donors (Lipinski definition) is 2. The van der Waals surface area contributed by atoms with Crippen molar-refractivity contribution >= 4 is 40.7 Å². The molecule has 1 aromatic heterocycles. The Balaban J connectivity index is 1.37. The molecule has 2 fully saturated rings. The zero-order valence-corrected chi connectivity index (χ0v) is 23.4. The van der Waals surface area contributed by atoms with Crippen molar-refractivity contribution < 1.29 is 18.0 Å². The summed E-state index contributed by atoms with van der Waals surface area (Å²) in [6.07, 6.45) is -0.362. The van der Waals surface area contributed by atoms with Crippen molar-refractivity contribution in [2.45, 2.75) is 57.4 Å². The second-order valence-electron chi connectivity index (χ2n) is 10.1. The summed E-state index contributed by atoms with van der Waals surface area (Å²) in [5.41, 5.74) is 6.77. The fourth-order valence-corrected chi connectivity index (χ4v) is 5.81. The number of aromatic nitrogens is 2. The van der Waals surface area contributed by atoms with Crippen molar-refractivity contribution in [2.75, 3.05) is 49.9 Å². The number of alkyl halides is 3. The van der Waals surface area contributed by atoms with Crippen LogP contribution < -0.4 is 16.0 Å². The summed E-state index contributed by atoms with van der Waals surface area (Å²) in [6.45, 7) is 5.77. The van der Waals surface area contributed by atoms with E-state index in [0.29, 0.717) is 24.9 Å². The fourth-order valence-electron chi connectivity index (χ4n) is 5.44. The lowest BCUT2D eigenvalue weighted by molar-refractivity contribution is -0.123. The molecule has 0 spiro atoms. The molecule has 1 amide bonds. The van der Waals surface area contributed by atoms with E-state index in [9.17, 15) is 18.0 Å². The molecule has 0 unspecified atom stereocenters. The molecule has 4 rings (SSSR count). The maximum absolute atomic E-state index is 12.5. The van der Waals surface area contributed by atoms with E-state index in [2.05, 4.69) is 38.8 Å². The van der Waals surface area contributed by atoms with Gasteiger partial charge in [-0.25, -0.2) is 9.97 Å². The number of benzene rings is 1. The van der Waals surface area contributed by atoms with Crippen LogP contribution in [0, 0.1) is 0 Å². The van der Waals surface area contributed by atoms with Gasteiger partial charge in [-0.1, -0.05) is 48.7 Å². The number of anilines is 2. The number of carbonyl (C=O) groups is 1. The third-order valence-corrected chi connectivity index (χ3v) is 7.83. The van der Waals surface area contributed by atoms with Crippen LogP contribution in [0.1, 0.15) is 48.7 Å². The second-order valence-corrected chi connectivity index (χ2v) is 10.9. The first-order valence-corrected chi connectivity index (χ1v) is 13.9. The van der Waals surface area contributed by atoms with E-state index >= 15 is 0 Å². The molecule has 214 valence electrons. The minimum absolute atomic E-state index is 0.0550. The van der Waals surface area contributed by atoms with Gasteiger partial charge >= 0.3 is 6.18 Å². The number of nitrogens with two attached hydrogens (primary N) is 1. The van der Waals surface area contributed by atoms with E-state index in [1.54, 1.807) is 5.32 Å². The molecule has 3 heterocycles. The van der Waals surface area contributed by atoms with Gasteiger partial charge in [0, 0.05) is 43.3 Å². The normalized spacial score (nSPS) is 19.8. The highest BCUT2D eigenvalue weighted by molar-refractivity contribution is 6.32. The van der Waals surface area contributed by atoms with Gasteiger partial charge in [0.1, 0.15) is 6.54 Å². The van der Waals surface area contributed by atoms with E-state index in [-0.39, 0.29) is 17.0 Å². The van der Waals surface area contributed by atoms with E-state index in [1.807, 2.05) is 17.0 Å². The Morgan fingerprint density at radius 1 is 1.10 bits per heavy atom. The van der Waals surface area contributed by atoms with Gasteiger partial charge in [-0.15, -0.1) is 0 Å². The standard InChI is InChI=1S/C26H34Cl2F3N7O/c1-2-3-20-15-37(24-22(28)34-21(23(32)35-24)25(39)33-16-26(29,30)31)12-13-38(20)19-8-10-36(11-9-19)14-17-4-6-18(27)7-5-17/h4-7,19-20H,2-3,8-16H2,1H3,(H2,32,35)(H,33,39)/t20-/m0/s1. The smallest absolute Gasteiger partial charge is 0.382 e. The SMILES string of the molecule is CCC[C@H]1CN(c2nc(N)c(C(=O)NCC(F)(F)F)nc2Cl)CCN1C1CCN(Cc2ccc(Cl)cc2)CC1. The molecule has 1 atom stereocenters. The first-order chi connectivity index (χ1) is 18.5. The number of amides is 1. The third kappa shape index (κ3) is 7.87. The van der Waals surface area contributed by atoms with Gasteiger partial charge in [-0.3, -0.25) is 14.6 Å². The van der Waals surface area contributed by atoms with Gasteiger partial charge in [0.05, 0.1) is 0 Å². The number of hydrogen-bond acceptors (Lipinski definition) is 7. The number of halogens is 5. The summed E-state index contributed by atoms with van der Waals surface area (Å²) < 4.78 is 37.4. The first-order valence-electron chi connectivity index (χ1n) is 13.2. The van der Waals surface area contributed by atoms with Crippen LogP contribution in [-0.2, 0) is 6.54 Å². The number of piperidine rings is 1. The third-order valence-electron chi connectivity index (χ3n) is 7.32. The number of nitrogens with one attached hydrogen (secondary N) is 1. The molecule has 0 aliphatic carbocycles. The summed E-state index contributed by atoms with van der Waals surface area (Å²) >= 11 is 12.4. The van der Waals surface area contributed by atoms with Gasteiger partial charge in [0.2, 0.25) is 0 Å². The molecule has 3 N–H and O–H groups in total. The minimum Gasteiger partial charge on any atom is -0.382 e. The molecule has 13 heteroatoms. The fraction of sp³-hybridized carbons (Fsp3) is 0.577. The van der Waals surface area contributed by atoms with Crippen LogP contribution >= 0.6 is 23.2 Å². The highest BCUT2D eigenvalue weighted by Gasteiger charge is 2.35. The van der Waals surface area contributed by atoms with E-state index in [4.69, 9.17) is 28.9 Å². The summed E-state index contributed by atoms with van der Waals surface area (Å²) in [5.74, 6) is -0.974. The van der Waals surface area contributed by atoms with Gasteiger partial charge in [0.15, 0.2) is 22.5 Å². The molecule has 1 aromatic carbocycles. The lowest BCUT2D eigenvalue weighted by Gasteiger charge is -2.48. The van der Waals surface area contributed by atoms with Crippen molar-refractivity contribution in [2.24, 2.45) is 0 Å². The topological polar surface area (TPSA) is 90.6 Å². The molecular formula is C26H34Cl2F3N7O. The van der Waals surface area contributed by atoms with Crippen LogP contribution in [0.25, 0.3) is 0 Å². The quantitative estimate of drug-likeness (QED) is 0.466. The Labute approximate surface area is 236 Å². The molecule has 39 heavy (non-hydrogen) atoms. The van der Waals surface area contributed by atoms with E-state index in [1.165, 1.54) is 5.56 Å².